The van der Waals surface area contributed by atoms with Gasteiger partial charge in [0, 0.05) is 17.6 Å². The van der Waals surface area contributed by atoms with Crippen molar-refractivity contribution < 1.29 is 18.0 Å². The molecule has 2 aromatic carbocycles. The van der Waals surface area contributed by atoms with Crippen molar-refractivity contribution in [3.63, 3.8) is 0 Å². The van der Waals surface area contributed by atoms with Crippen LogP contribution in [0.4, 0.5) is 5.69 Å². The lowest BCUT2D eigenvalue weighted by atomic mass is 10.1. The molecule has 2 rings (SSSR count). The number of aryl methyl sites for hydroxylation is 2. The lowest BCUT2D eigenvalue weighted by Gasteiger charge is -2.32. The molecule has 0 saturated heterocycles. The fourth-order valence-electron chi connectivity index (χ4n) is 3.66. The van der Waals surface area contributed by atoms with E-state index >= 15 is 0 Å². The molecule has 2 amide bonds. The molecule has 0 fully saturated rings. The van der Waals surface area contributed by atoms with Crippen molar-refractivity contribution in [1.82, 2.24) is 10.2 Å². The molecule has 0 saturated carbocycles. The lowest BCUT2D eigenvalue weighted by Crippen LogP contribution is -2.52. The van der Waals surface area contributed by atoms with Gasteiger partial charge in [0.05, 0.1) is 11.9 Å². The molecule has 0 aliphatic rings. The van der Waals surface area contributed by atoms with Crippen LogP contribution in [0.2, 0.25) is 5.02 Å². The van der Waals surface area contributed by atoms with Crippen LogP contribution in [0.25, 0.3) is 0 Å². The molecule has 7 nitrogen and oxygen atoms in total. The third-order valence-electron chi connectivity index (χ3n) is 5.78. The molecule has 2 atom stereocenters. The Bertz CT molecular complexity index is 1120. The molecule has 1 N–H and O–H groups in total. The first-order chi connectivity index (χ1) is 15.8. The molecule has 9 heteroatoms. The number of carbonyl (C=O) groups is 2. The monoisotopic (exact) mass is 507 g/mol. The number of amides is 2. The maximum absolute atomic E-state index is 13.6. The van der Waals surface area contributed by atoms with E-state index in [2.05, 4.69) is 5.32 Å². The molecular formula is C25H34ClN3O4S. The van der Waals surface area contributed by atoms with Crippen molar-refractivity contribution in [2.75, 3.05) is 17.1 Å². The maximum atomic E-state index is 13.6. The van der Waals surface area contributed by atoms with Crippen LogP contribution in [-0.4, -0.2) is 50.0 Å². The van der Waals surface area contributed by atoms with E-state index in [0.29, 0.717) is 10.7 Å². The molecule has 0 aliphatic carbocycles. The molecule has 34 heavy (non-hydrogen) atoms. The highest BCUT2D eigenvalue weighted by molar-refractivity contribution is 7.92. The summed E-state index contributed by atoms with van der Waals surface area (Å²) in [5.74, 6) is -0.789. The van der Waals surface area contributed by atoms with Gasteiger partial charge in [-0.25, -0.2) is 8.42 Å². The van der Waals surface area contributed by atoms with Crippen LogP contribution in [0.5, 0.6) is 0 Å². The number of hydrogen-bond acceptors (Lipinski definition) is 4. The van der Waals surface area contributed by atoms with E-state index < -0.39 is 28.5 Å². The van der Waals surface area contributed by atoms with Gasteiger partial charge in [-0.1, -0.05) is 48.9 Å². The zero-order chi connectivity index (χ0) is 25.6. The SMILES string of the molecule is CC[C@@H](C)NC(=O)[C@@H](C)N(Cc1cccc(Cl)c1)C(=O)CN(c1c(C)cccc1C)S(C)(=O)=O. The summed E-state index contributed by atoms with van der Waals surface area (Å²) < 4.78 is 26.6. The number of rotatable bonds is 10. The zero-order valence-electron chi connectivity index (χ0n) is 20.6. The lowest BCUT2D eigenvalue weighted by molar-refractivity contribution is -0.139. The van der Waals surface area contributed by atoms with Gasteiger partial charge in [-0.3, -0.25) is 13.9 Å². The van der Waals surface area contributed by atoms with Crippen molar-refractivity contribution in [1.29, 1.82) is 0 Å². The third-order valence-corrected chi connectivity index (χ3v) is 7.13. The average Bonchev–Trinajstić information content (AvgIpc) is 2.75. The maximum Gasteiger partial charge on any atom is 0.244 e. The first-order valence-corrected chi connectivity index (χ1v) is 13.5. The zero-order valence-corrected chi connectivity index (χ0v) is 22.2. The van der Waals surface area contributed by atoms with Crippen molar-refractivity contribution in [2.24, 2.45) is 0 Å². The van der Waals surface area contributed by atoms with E-state index in [1.165, 1.54) is 4.90 Å². The predicted molar refractivity (Wildman–Crippen MR) is 137 cm³/mol. The molecule has 186 valence electrons. The highest BCUT2D eigenvalue weighted by Gasteiger charge is 2.31. The Morgan fingerprint density at radius 1 is 1.06 bits per heavy atom. The van der Waals surface area contributed by atoms with Crippen LogP contribution >= 0.6 is 11.6 Å². The Kier molecular flexibility index (Phi) is 9.53. The minimum absolute atomic E-state index is 0.0554. The minimum Gasteiger partial charge on any atom is -0.352 e. The minimum atomic E-state index is -3.78. The number of halogens is 1. The summed E-state index contributed by atoms with van der Waals surface area (Å²) in [5.41, 5.74) is 2.68. The molecule has 0 aliphatic heterocycles. The van der Waals surface area contributed by atoms with Crippen molar-refractivity contribution in [3.8, 4) is 0 Å². The van der Waals surface area contributed by atoms with Crippen LogP contribution in [0.3, 0.4) is 0 Å². The molecule has 0 unspecified atom stereocenters. The standard InChI is InChI=1S/C25H34ClN3O4S/c1-7-19(4)27-25(31)20(5)28(15-21-12-9-13-22(26)14-21)23(30)16-29(34(6,32)33)24-17(2)10-8-11-18(24)3/h8-14,19-20H,7,15-16H2,1-6H3,(H,27,31)/t19-,20-/m1/s1. The summed E-state index contributed by atoms with van der Waals surface area (Å²) in [6.07, 6.45) is 1.82. The van der Waals surface area contributed by atoms with Gasteiger partial charge >= 0.3 is 0 Å². The van der Waals surface area contributed by atoms with Gasteiger partial charge in [-0.15, -0.1) is 0 Å². The summed E-state index contributed by atoms with van der Waals surface area (Å²) in [6.45, 7) is 8.78. The van der Waals surface area contributed by atoms with Gasteiger partial charge in [0.25, 0.3) is 0 Å². The van der Waals surface area contributed by atoms with Crippen LogP contribution in [-0.2, 0) is 26.2 Å². The van der Waals surface area contributed by atoms with Crippen LogP contribution in [0.15, 0.2) is 42.5 Å². The Hall–Kier alpha value is -2.58. The van der Waals surface area contributed by atoms with Gasteiger partial charge in [-0.2, -0.15) is 0 Å². The molecule has 0 spiro atoms. The quantitative estimate of drug-likeness (QED) is 0.525. The number of hydrogen-bond donors (Lipinski definition) is 1. The Labute approximate surface area is 208 Å². The van der Waals surface area contributed by atoms with Crippen molar-refractivity contribution in [2.45, 2.75) is 59.7 Å². The topological polar surface area (TPSA) is 86.8 Å². The Morgan fingerprint density at radius 3 is 2.18 bits per heavy atom. The first-order valence-electron chi connectivity index (χ1n) is 11.2. The second-order valence-corrected chi connectivity index (χ2v) is 11.0. The van der Waals surface area contributed by atoms with Crippen molar-refractivity contribution >= 4 is 39.1 Å². The molecule has 0 radical (unpaired) electrons. The summed E-state index contributed by atoms with van der Waals surface area (Å²) in [7, 11) is -3.78. The van der Waals surface area contributed by atoms with Gasteiger partial charge in [-0.05, 0) is 62.9 Å². The largest absolute Gasteiger partial charge is 0.352 e. The number of anilines is 1. The second kappa shape index (κ2) is 11.7. The fourth-order valence-corrected chi connectivity index (χ4v) is 4.83. The summed E-state index contributed by atoms with van der Waals surface area (Å²) >= 11 is 6.13. The number of nitrogens with one attached hydrogen (secondary N) is 1. The molecule has 0 bridgehead atoms. The highest BCUT2D eigenvalue weighted by Crippen LogP contribution is 2.27. The number of nitrogens with zero attached hydrogens (tertiary/aromatic N) is 2. The molecule has 0 aromatic heterocycles. The summed E-state index contributed by atoms with van der Waals surface area (Å²) in [6, 6.07) is 11.6. The van der Waals surface area contributed by atoms with Crippen LogP contribution in [0, 0.1) is 13.8 Å². The smallest absolute Gasteiger partial charge is 0.244 e. The highest BCUT2D eigenvalue weighted by atomic mass is 35.5. The number of sulfonamides is 1. The van der Waals surface area contributed by atoms with E-state index in [0.717, 1.165) is 33.7 Å². The molecule has 2 aromatic rings. The van der Waals surface area contributed by atoms with Gasteiger partial charge in [0.15, 0.2) is 0 Å². The predicted octanol–water partition coefficient (Wildman–Crippen LogP) is 4.05. The fraction of sp³-hybridized carbons (Fsp3) is 0.440. The van der Waals surface area contributed by atoms with E-state index in [1.54, 1.807) is 51.1 Å². The van der Waals surface area contributed by atoms with Gasteiger partial charge in [0.1, 0.15) is 12.6 Å². The van der Waals surface area contributed by atoms with E-state index in [-0.39, 0.29) is 18.5 Å². The van der Waals surface area contributed by atoms with E-state index in [4.69, 9.17) is 11.6 Å². The number of carbonyl (C=O) groups excluding carboxylic acids is 2. The van der Waals surface area contributed by atoms with E-state index in [9.17, 15) is 18.0 Å². The van der Waals surface area contributed by atoms with E-state index in [1.807, 2.05) is 26.0 Å². The van der Waals surface area contributed by atoms with Gasteiger partial charge in [0.2, 0.25) is 21.8 Å². The van der Waals surface area contributed by atoms with Gasteiger partial charge < -0.3 is 10.2 Å². The summed E-state index contributed by atoms with van der Waals surface area (Å²) in [4.78, 5) is 27.9. The second-order valence-electron chi connectivity index (χ2n) is 8.66. The van der Waals surface area contributed by atoms with Crippen LogP contribution < -0.4 is 9.62 Å². The summed E-state index contributed by atoms with van der Waals surface area (Å²) in [5, 5.41) is 3.41. The normalized spacial score (nSPS) is 13.1. The number of benzene rings is 2. The third kappa shape index (κ3) is 7.21. The number of para-hydroxylation sites is 1. The molecule has 0 heterocycles. The van der Waals surface area contributed by atoms with Crippen molar-refractivity contribution in [3.05, 3.63) is 64.2 Å². The molecular weight excluding hydrogens is 474 g/mol. The average molecular weight is 508 g/mol. The van der Waals surface area contributed by atoms with Crippen LogP contribution in [0.1, 0.15) is 43.9 Å². The first kappa shape index (κ1) is 27.7. The Morgan fingerprint density at radius 2 is 1.65 bits per heavy atom. The Balaban J connectivity index is 2.45.